The predicted molar refractivity (Wildman–Crippen MR) is 51.0 cm³/mol. The van der Waals surface area contributed by atoms with Crippen molar-refractivity contribution in [2.45, 2.75) is 12.8 Å². The molecule has 1 aromatic carbocycles. The minimum Gasteiger partial charge on any atom is -0.294 e. The maximum Gasteiger partial charge on any atom is 0.263 e. The van der Waals surface area contributed by atoms with Crippen molar-refractivity contribution in [2.24, 2.45) is 0 Å². The summed E-state index contributed by atoms with van der Waals surface area (Å²) in [6.07, 6.45) is -2.75. The number of carbonyl (C=O) groups excluding carboxylic acids is 1. The van der Waals surface area contributed by atoms with Gasteiger partial charge < -0.3 is 0 Å². The average molecular weight is 237 g/mol. The lowest BCUT2D eigenvalue weighted by Gasteiger charge is -2.03. The molecule has 0 unspecified atom stereocenters. The number of rotatable bonds is 4. The van der Waals surface area contributed by atoms with E-state index in [4.69, 9.17) is 11.6 Å². The molecule has 1 nitrogen and oxygen atoms in total. The number of Topliss-reactive ketones (excluding diaryl/α,β-unsaturated/α-hetero) is 1. The quantitative estimate of drug-likeness (QED) is 0.577. The molecule has 15 heavy (non-hydrogen) atoms. The minimum atomic E-state index is -2.74. The van der Waals surface area contributed by atoms with Gasteiger partial charge in [0.25, 0.3) is 6.43 Å². The zero-order valence-electron chi connectivity index (χ0n) is 7.64. The van der Waals surface area contributed by atoms with E-state index in [1.165, 1.54) is 0 Å². The van der Waals surface area contributed by atoms with E-state index >= 15 is 0 Å². The number of halogens is 4. The van der Waals surface area contributed by atoms with Crippen LogP contribution >= 0.6 is 11.6 Å². The molecule has 0 aliphatic carbocycles. The Hall–Kier alpha value is -1.03. The third kappa shape index (κ3) is 2.96. The highest BCUT2D eigenvalue weighted by Crippen LogP contribution is 2.21. The van der Waals surface area contributed by atoms with Crippen molar-refractivity contribution >= 4 is 17.4 Å². The van der Waals surface area contributed by atoms with Gasteiger partial charge in [0, 0.05) is 17.9 Å². The van der Waals surface area contributed by atoms with Crippen molar-refractivity contribution in [2.75, 3.05) is 5.88 Å². The van der Waals surface area contributed by atoms with Gasteiger partial charge >= 0.3 is 0 Å². The molecular formula is C10H8ClF3O. The van der Waals surface area contributed by atoms with Crippen LogP contribution in [0.3, 0.4) is 0 Å². The molecule has 0 saturated carbocycles. The second kappa shape index (κ2) is 5.16. The Morgan fingerprint density at radius 2 is 2.07 bits per heavy atom. The number of alkyl halides is 3. The third-order valence-corrected chi connectivity index (χ3v) is 2.06. The van der Waals surface area contributed by atoms with Crippen LogP contribution < -0.4 is 0 Å². The molecule has 0 atom stereocenters. The molecule has 82 valence electrons. The van der Waals surface area contributed by atoms with E-state index in [1.807, 2.05) is 0 Å². The van der Waals surface area contributed by atoms with E-state index in [0.29, 0.717) is 6.07 Å². The van der Waals surface area contributed by atoms with Crippen LogP contribution in [0.5, 0.6) is 0 Å². The molecule has 5 heteroatoms. The van der Waals surface area contributed by atoms with E-state index in [1.54, 1.807) is 0 Å². The summed E-state index contributed by atoms with van der Waals surface area (Å²) in [6, 6.07) is 2.77. The molecule has 0 saturated heterocycles. The number of benzene rings is 1. The van der Waals surface area contributed by atoms with Crippen LogP contribution in [0.25, 0.3) is 0 Å². The zero-order chi connectivity index (χ0) is 11.4. The van der Waals surface area contributed by atoms with Crippen molar-refractivity contribution < 1.29 is 18.0 Å². The first-order valence-corrected chi connectivity index (χ1v) is 4.76. The summed E-state index contributed by atoms with van der Waals surface area (Å²) in [7, 11) is 0. The molecular weight excluding hydrogens is 229 g/mol. The Bertz CT molecular complexity index is 366. The fourth-order valence-corrected chi connectivity index (χ4v) is 1.29. The average Bonchev–Trinajstić information content (AvgIpc) is 2.17. The van der Waals surface area contributed by atoms with E-state index in [9.17, 15) is 18.0 Å². The summed E-state index contributed by atoms with van der Waals surface area (Å²) in [4.78, 5) is 11.2. The summed E-state index contributed by atoms with van der Waals surface area (Å²) in [6.45, 7) is 0. The lowest BCUT2D eigenvalue weighted by Crippen LogP contribution is -2.03. The standard InChI is InChI=1S/C10H8ClF3O/c11-4-3-9(15)7-2-1-6(10(13)14)5-8(7)12/h1-2,5,10H,3-4H2. The highest BCUT2D eigenvalue weighted by Gasteiger charge is 2.14. The first-order valence-electron chi connectivity index (χ1n) is 4.23. The minimum absolute atomic E-state index is 0.00744. The lowest BCUT2D eigenvalue weighted by molar-refractivity contribution is 0.0984. The normalized spacial score (nSPS) is 10.7. The van der Waals surface area contributed by atoms with Gasteiger partial charge in [-0.05, 0) is 12.1 Å². The molecule has 0 aromatic heterocycles. The smallest absolute Gasteiger partial charge is 0.263 e. The second-order valence-electron chi connectivity index (χ2n) is 2.90. The van der Waals surface area contributed by atoms with Crippen LogP contribution in [0, 0.1) is 5.82 Å². The second-order valence-corrected chi connectivity index (χ2v) is 3.28. The van der Waals surface area contributed by atoms with Crippen LogP contribution in [0.2, 0.25) is 0 Å². The Morgan fingerprint density at radius 1 is 1.40 bits per heavy atom. The van der Waals surface area contributed by atoms with Crippen LogP contribution in [-0.4, -0.2) is 11.7 Å². The molecule has 0 radical (unpaired) electrons. The van der Waals surface area contributed by atoms with Gasteiger partial charge in [-0.15, -0.1) is 11.6 Å². The van der Waals surface area contributed by atoms with Crippen molar-refractivity contribution in [3.05, 3.63) is 35.1 Å². The molecule has 0 spiro atoms. The van der Waals surface area contributed by atoms with Gasteiger partial charge in [0.1, 0.15) is 5.82 Å². The first-order chi connectivity index (χ1) is 7.06. The van der Waals surface area contributed by atoms with Crippen molar-refractivity contribution in [3.8, 4) is 0 Å². The number of ketones is 1. The Morgan fingerprint density at radius 3 is 2.53 bits per heavy atom. The summed E-state index contributed by atoms with van der Waals surface area (Å²) < 4.78 is 37.5. The Labute approximate surface area is 89.9 Å². The molecule has 0 aliphatic rings. The fourth-order valence-electron chi connectivity index (χ4n) is 1.11. The van der Waals surface area contributed by atoms with E-state index in [0.717, 1.165) is 12.1 Å². The number of hydrogen-bond donors (Lipinski definition) is 0. The van der Waals surface area contributed by atoms with Gasteiger partial charge in [0.2, 0.25) is 0 Å². The van der Waals surface area contributed by atoms with Gasteiger partial charge in [0.05, 0.1) is 5.56 Å². The van der Waals surface area contributed by atoms with Crippen LogP contribution in [0.15, 0.2) is 18.2 Å². The molecule has 0 amide bonds. The summed E-state index contributed by atoms with van der Waals surface area (Å²) >= 11 is 5.32. The molecule has 1 rings (SSSR count). The largest absolute Gasteiger partial charge is 0.294 e. The molecule has 0 N–H and O–H groups in total. The molecule has 1 aromatic rings. The van der Waals surface area contributed by atoms with Gasteiger partial charge in [-0.1, -0.05) is 6.07 Å². The maximum atomic E-state index is 13.2. The summed E-state index contributed by atoms with van der Waals surface area (Å²) in [5.74, 6) is -1.33. The third-order valence-electron chi connectivity index (χ3n) is 1.87. The SMILES string of the molecule is O=C(CCCl)c1ccc(C(F)F)cc1F. The van der Waals surface area contributed by atoms with Crippen molar-refractivity contribution in [3.63, 3.8) is 0 Å². The topological polar surface area (TPSA) is 17.1 Å². The predicted octanol–water partition coefficient (Wildman–Crippen LogP) is 3.57. The van der Waals surface area contributed by atoms with Gasteiger partial charge in [-0.2, -0.15) is 0 Å². The van der Waals surface area contributed by atoms with E-state index in [2.05, 4.69) is 0 Å². The number of carbonyl (C=O) groups is 1. The van der Waals surface area contributed by atoms with Crippen molar-refractivity contribution in [1.29, 1.82) is 0 Å². The van der Waals surface area contributed by atoms with Crippen LogP contribution in [0.1, 0.15) is 28.8 Å². The van der Waals surface area contributed by atoms with Gasteiger partial charge in [0.15, 0.2) is 5.78 Å². The monoisotopic (exact) mass is 236 g/mol. The molecule has 0 heterocycles. The fraction of sp³-hybridized carbons (Fsp3) is 0.300. The molecule has 0 bridgehead atoms. The van der Waals surface area contributed by atoms with Crippen LogP contribution in [0.4, 0.5) is 13.2 Å². The molecule has 0 fully saturated rings. The highest BCUT2D eigenvalue weighted by molar-refractivity contribution is 6.19. The van der Waals surface area contributed by atoms with Gasteiger partial charge in [-0.25, -0.2) is 13.2 Å². The summed E-state index contributed by atoms with van der Waals surface area (Å²) in [5, 5.41) is 0. The maximum absolute atomic E-state index is 13.2. The Balaban J connectivity index is 2.98. The first kappa shape index (κ1) is 12.0. The highest BCUT2D eigenvalue weighted by atomic mass is 35.5. The van der Waals surface area contributed by atoms with Crippen molar-refractivity contribution in [1.82, 2.24) is 0 Å². The van der Waals surface area contributed by atoms with Gasteiger partial charge in [-0.3, -0.25) is 4.79 Å². The number of hydrogen-bond acceptors (Lipinski definition) is 1. The van der Waals surface area contributed by atoms with Crippen LogP contribution in [-0.2, 0) is 0 Å². The lowest BCUT2D eigenvalue weighted by atomic mass is 10.1. The zero-order valence-corrected chi connectivity index (χ0v) is 8.40. The van der Waals surface area contributed by atoms with E-state index < -0.39 is 23.6 Å². The van der Waals surface area contributed by atoms with E-state index in [-0.39, 0.29) is 17.9 Å². The summed E-state index contributed by atoms with van der Waals surface area (Å²) in [5.41, 5.74) is -0.630. The molecule has 0 aliphatic heterocycles. The Kier molecular flexibility index (Phi) is 4.15.